The van der Waals surface area contributed by atoms with Gasteiger partial charge < -0.3 is 19.5 Å². The normalized spacial score (nSPS) is 20.2. The maximum absolute atomic E-state index is 12.9. The van der Waals surface area contributed by atoms with Crippen LogP contribution in [0.1, 0.15) is 83.1 Å². The van der Waals surface area contributed by atoms with Gasteiger partial charge in [-0.05, 0) is 79.4 Å². The van der Waals surface area contributed by atoms with Gasteiger partial charge in [-0.2, -0.15) is 0 Å². The first-order valence-electron chi connectivity index (χ1n) is 11.8. The van der Waals surface area contributed by atoms with Crippen LogP contribution in [0.2, 0.25) is 0 Å². The lowest BCUT2D eigenvalue weighted by atomic mass is 9.85. The minimum atomic E-state index is -0.717. The Kier molecular flexibility index (Phi) is 9.38. The van der Waals surface area contributed by atoms with E-state index in [1.165, 1.54) is 11.1 Å². The molecular weight excluding hydrogens is 402 g/mol. The van der Waals surface area contributed by atoms with Crippen LogP contribution in [0.25, 0.3) is 0 Å². The number of rotatable bonds is 10. The summed E-state index contributed by atoms with van der Waals surface area (Å²) in [5, 5.41) is 10.9. The number of methoxy groups -OCH3 is 1. The minimum absolute atomic E-state index is 0.0394. The number of allylic oxidation sites excluding steroid dienone is 4. The van der Waals surface area contributed by atoms with Gasteiger partial charge in [-0.1, -0.05) is 23.3 Å². The van der Waals surface area contributed by atoms with Crippen LogP contribution < -0.4 is 9.47 Å². The molecule has 1 aliphatic rings. The number of hydrogen-bond acceptors (Lipinski definition) is 4. The van der Waals surface area contributed by atoms with Gasteiger partial charge in [0.05, 0.1) is 13.2 Å². The Morgan fingerprint density at radius 2 is 1.91 bits per heavy atom. The van der Waals surface area contributed by atoms with Gasteiger partial charge in [0.2, 0.25) is 0 Å². The number of ether oxygens (including phenoxy) is 2. The van der Waals surface area contributed by atoms with Crippen molar-refractivity contribution in [2.75, 3.05) is 20.2 Å². The number of aliphatic hydroxyl groups excluding tert-OH is 1. The Morgan fingerprint density at radius 3 is 2.50 bits per heavy atom. The van der Waals surface area contributed by atoms with Gasteiger partial charge in [0, 0.05) is 30.6 Å². The fraction of sp³-hybridized carbons (Fsp3) is 0.593. The molecule has 2 atom stereocenters. The zero-order valence-electron chi connectivity index (χ0n) is 21.0. The molecule has 1 heterocycles. The topological polar surface area (TPSA) is 59.0 Å². The van der Waals surface area contributed by atoms with Crippen LogP contribution in [0.4, 0.5) is 0 Å². The van der Waals surface area contributed by atoms with Crippen LogP contribution in [0.15, 0.2) is 35.4 Å². The molecule has 0 unspecified atom stereocenters. The average molecular weight is 444 g/mol. The van der Waals surface area contributed by atoms with E-state index in [0.29, 0.717) is 43.0 Å². The molecule has 32 heavy (non-hydrogen) atoms. The lowest BCUT2D eigenvalue weighted by Gasteiger charge is -2.40. The second kappa shape index (κ2) is 11.6. The summed E-state index contributed by atoms with van der Waals surface area (Å²) in [6, 6.07) is 3.57. The van der Waals surface area contributed by atoms with Gasteiger partial charge in [-0.25, -0.2) is 0 Å². The third kappa shape index (κ3) is 6.38. The number of aliphatic hydroxyl groups is 1. The molecule has 1 N–H and O–H groups in total. The van der Waals surface area contributed by atoms with Gasteiger partial charge in [0.25, 0.3) is 5.91 Å². The molecule has 2 rings (SSSR count). The van der Waals surface area contributed by atoms with E-state index >= 15 is 0 Å². The molecule has 1 amide bonds. The van der Waals surface area contributed by atoms with E-state index in [4.69, 9.17) is 9.47 Å². The van der Waals surface area contributed by atoms with E-state index in [9.17, 15) is 9.90 Å². The predicted molar refractivity (Wildman–Crippen MR) is 131 cm³/mol. The van der Waals surface area contributed by atoms with Gasteiger partial charge >= 0.3 is 0 Å². The van der Waals surface area contributed by atoms with Crippen molar-refractivity contribution in [2.24, 2.45) is 0 Å². The van der Waals surface area contributed by atoms with Crippen molar-refractivity contribution in [2.45, 2.75) is 85.4 Å². The molecule has 178 valence electrons. The highest BCUT2D eigenvalue weighted by Crippen LogP contribution is 2.41. The molecule has 5 heteroatoms. The molecule has 0 spiro atoms. The summed E-state index contributed by atoms with van der Waals surface area (Å²) in [6.45, 7) is 13.6. The lowest BCUT2D eigenvalue weighted by Crippen LogP contribution is -2.49. The Labute approximate surface area is 194 Å². The number of carbonyl (C=O) groups is 1. The van der Waals surface area contributed by atoms with Crippen molar-refractivity contribution in [1.82, 2.24) is 4.90 Å². The number of nitrogens with zero attached hydrogens (tertiary/aromatic N) is 1. The first-order chi connectivity index (χ1) is 15.1. The molecule has 0 aromatic heterocycles. The van der Waals surface area contributed by atoms with E-state index in [0.717, 1.165) is 24.8 Å². The maximum atomic E-state index is 12.9. The van der Waals surface area contributed by atoms with Gasteiger partial charge in [0.15, 0.2) is 0 Å². The highest BCUT2D eigenvalue weighted by Gasteiger charge is 2.41. The first-order valence-corrected chi connectivity index (χ1v) is 11.8. The van der Waals surface area contributed by atoms with Crippen molar-refractivity contribution in [3.8, 4) is 11.5 Å². The molecule has 5 nitrogen and oxygen atoms in total. The van der Waals surface area contributed by atoms with E-state index in [1.54, 1.807) is 18.1 Å². The van der Waals surface area contributed by atoms with Crippen molar-refractivity contribution in [3.05, 3.63) is 46.6 Å². The molecule has 0 saturated heterocycles. The second-order valence-corrected chi connectivity index (χ2v) is 9.18. The van der Waals surface area contributed by atoms with Crippen molar-refractivity contribution < 1.29 is 19.4 Å². The summed E-state index contributed by atoms with van der Waals surface area (Å²) < 4.78 is 11.9. The van der Waals surface area contributed by atoms with Crippen LogP contribution >= 0.6 is 0 Å². The predicted octanol–water partition coefficient (Wildman–Crippen LogP) is 5.70. The molecule has 1 aromatic rings. The smallest absolute Gasteiger partial charge is 0.254 e. The minimum Gasteiger partial charge on any atom is -0.496 e. The first kappa shape index (κ1) is 26.0. The number of amides is 1. The monoisotopic (exact) mass is 443 g/mol. The molecule has 0 fully saturated rings. The van der Waals surface area contributed by atoms with E-state index in [1.807, 2.05) is 26.8 Å². The van der Waals surface area contributed by atoms with E-state index in [2.05, 4.69) is 32.9 Å². The van der Waals surface area contributed by atoms with Crippen LogP contribution in [-0.2, 0) is 6.42 Å². The van der Waals surface area contributed by atoms with Crippen LogP contribution in [-0.4, -0.2) is 47.8 Å². The number of benzene rings is 1. The number of fused-ring (bicyclic) bond motifs is 1. The lowest BCUT2D eigenvalue weighted by molar-refractivity contribution is -0.0592. The highest BCUT2D eigenvalue weighted by molar-refractivity contribution is 5.95. The van der Waals surface area contributed by atoms with E-state index in [-0.39, 0.29) is 5.91 Å². The molecule has 0 radical (unpaired) electrons. The second-order valence-electron chi connectivity index (χ2n) is 9.18. The zero-order valence-corrected chi connectivity index (χ0v) is 21.0. The summed E-state index contributed by atoms with van der Waals surface area (Å²) in [4.78, 5) is 14.7. The number of carbonyl (C=O) groups excluding carboxylic acids is 1. The summed E-state index contributed by atoms with van der Waals surface area (Å²) in [5.74, 6) is 1.19. The van der Waals surface area contributed by atoms with Gasteiger partial charge in [-0.15, -0.1) is 0 Å². The third-order valence-electron chi connectivity index (χ3n) is 6.36. The van der Waals surface area contributed by atoms with Crippen molar-refractivity contribution in [1.29, 1.82) is 0 Å². The highest BCUT2D eigenvalue weighted by atomic mass is 16.5. The largest absolute Gasteiger partial charge is 0.496 e. The summed E-state index contributed by atoms with van der Waals surface area (Å²) in [7, 11) is 1.59. The van der Waals surface area contributed by atoms with Gasteiger partial charge in [-0.3, -0.25) is 4.79 Å². The Balaban J connectivity index is 2.20. The molecule has 1 aromatic carbocycles. The molecule has 0 aliphatic carbocycles. The summed E-state index contributed by atoms with van der Waals surface area (Å²) >= 11 is 0. The SMILES string of the molecule is CCN(CC)C(=O)c1cc(OC)c2c(c1)O[C@@](C)(CC/C=C(\C)CCC=C(C)C)[C@H](O)C2. The molecular formula is C27H41NO4. The van der Waals surface area contributed by atoms with Crippen LogP contribution in [0.3, 0.4) is 0 Å². The number of hydrogen-bond donors (Lipinski definition) is 1. The maximum Gasteiger partial charge on any atom is 0.254 e. The quantitative estimate of drug-likeness (QED) is 0.471. The molecule has 1 aliphatic heterocycles. The Morgan fingerprint density at radius 1 is 1.22 bits per heavy atom. The van der Waals surface area contributed by atoms with Crippen LogP contribution in [0, 0.1) is 0 Å². The molecule has 0 bridgehead atoms. The fourth-order valence-corrected chi connectivity index (χ4v) is 4.15. The standard InChI is InChI=1S/C27H41NO4/c1-8-28(9-2)26(30)21-16-23(31-7)22-18-25(29)27(6,32-24(22)17-21)15-11-14-20(5)13-10-12-19(3)4/h12,14,16-17,25,29H,8-11,13,15,18H2,1-7H3/b20-14+/t25-,27+/m1/s1. The van der Waals surface area contributed by atoms with Crippen LogP contribution in [0.5, 0.6) is 11.5 Å². The van der Waals surface area contributed by atoms with Crippen molar-refractivity contribution >= 4 is 5.91 Å². The molecule has 0 saturated carbocycles. The summed E-state index contributed by atoms with van der Waals surface area (Å²) in [6.07, 6.45) is 7.93. The zero-order chi connectivity index (χ0) is 23.9. The van der Waals surface area contributed by atoms with Gasteiger partial charge in [0.1, 0.15) is 17.1 Å². The van der Waals surface area contributed by atoms with Crippen molar-refractivity contribution in [3.63, 3.8) is 0 Å². The summed E-state index contributed by atoms with van der Waals surface area (Å²) in [5.41, 5.74) is 3.36. The fourth-order valence-electron chi connectivity index (χ4n) is 4.15. The van der Waals surface area contributed by atoms with E-state index < -0.39 is 11.7 Å². The Bertz CT molecular complexity index is 849. The third-order valence-corrected chi connectivity index (χ3v) is 6.36. The average Bonchev–Trinajstić information content (AvgIpc) is 2.74. The Hall–Kier alpha value is -2.27.